The molecule has 6 nitrogen and oxygen atoms in total. The maximum atomic E-state index is 12.0. The standard InChI is InChI=1S/C25H33N3O3/c1-2-31-23-15-11-21(12-16-23)27-25(30)24(29)26-17-7-8-20-9-13-22(14-10-20)28-18-5-3-4-6-19-28/h9-16H,2-8,17-19H2,1H3,(H,26,29)(H,27,30). The molecule has 2 aromatic rings. The van der Waals surface area contributed by atoms with Gasteiger partial charge >= 0.3 is 11.8 Å². The smallest absolute Gasteiger partial charge is 0.313 e. The predicted molar refractivity (Wildman–Crippen MR) is 125 cm³/mol. The molecule has 0 saturated carbocycles. The van der Waals surface area contributed by atoms with Crippen molar-refractivity contribution < 1.29 is 14.3 Å². The molecule has 0 aliphatic carbocycles. The predicted octanol–water partition coefficient (Wildman–Crippen LogP) is 4.15. The first kappa shape index (κ1) is 22.7. The number of amides is 2. The summed E-state index contributed by atoms with van der Waals surface area (Å²) in [6, 6.07) is 15.7. The van der Waals surface area contributed by atoms with E-state index in [1.54, 1.807) is 24.3 Å². The van der Waals surface area contributed by atoms with Gasteiger partial charge in [0.15, 0.2) is 0 Å². The van der Waals surface area contributed by atoms with E-state index in [4.69, 9.17) is 4.74 Å². The average molecular weight is 424 g/mol. The lowest BCUT2D eigenvalue weighted by Crippen LogP contribution is -2.36. The molecule has 1 saturated heterocycles. The van der Waals surface area contributed by atoms with Crippen LogP contribution in [0.4, 0.5) is 11.4 Å². The van der Waals surface area contributed by atoms with Crippen molar-refractivity contribution >= 4 is 23.2 Å². The van der Waals surface area contributed by atoms with Gasteiger partial charge in [0.25, 0.3) is 0 Å². The number of anilines is 2. The van der Waals surface area contributed by atoms with Crippen LogP contribution < -0.4 is 20.3 Å². The van der Waals surface area contributed by atoms with Crippen molar-refractivity contribution in [2.24, 2.45) is 0 Å². The Balaban J connectivity index is 1.36. The van der Waals surface area contributed by atoms with Gasteiger partial charge in [-0.3, -0.25) is 9.59 Å². The zero-order valence-corrected chi connectivity index (χ0v) is 18.4. The van der Waals surface area contributed by atoms with E-state index in [1.807, 2.05) is 6.92 Å². The Kier molecular flexibility index (Phi) is 8.76. The number of benzene rings is 2. The van der Waals surface area contributed by atoms with Gasteiger partial charge in [-0.25, -0.2) is 0 Å². The fourth-order valence-corrected chi connectivity index (χ4v) is 3.77. The van der Waals surface area contributed by atoms with Crippen LogP contribution in [0.1, 0.15) is 44.6 Å². The van der Waals surface area contributed by atoms with Crippen LogP contribution in [0, 0.1) is 0 Å². The molecule has 1 fully saturated rings. The summed E-state index contributed by atoms with van der Waals surface area (Å²) in [5.41, 5.74) is 3.10. The first-order valence-corrected chi connectivity index (χ1v) is 11.3. The van der Waals surface area contributed by atoms with Gasteiger partial charge in [0, 0.05) is 31.0 Å². The summed E-state index contributed by atoms with van der Waals surface area (Å²) >= 11 is 0. The van der Waals surface area contributed by atoms with Crippen molar-refractivity contribution in [3.05, 3.63) is 54.1 Å². The highest BCUT2D eigenvalue weighted by molar-refractivity contribution is 6.39. The molecule has 166 valence electrons. The van der Waals surface area contributed by atoms with Crippen LogP contribution in [0.25, 0.3) is 0 Å². The lowest BCUT2D eigenvalue weighted by Gasteiger charge is -2.22. The maximum absolute atomic E-state index is 12.0. The van der Waals surface area contributed by atoms with E-state index < -0.39 is 11.8 Å². The van der Waals surface area contributed by atoms with Gasteiger partial charge in [0.1, 0.15) is 5.75 Å². The van der Waals surface area contributed by atoms with E-state index in [2.05, 4.69) is 39.8 Å². The summed E-state index contributed by atoms with van der Waals surface area (Å²) in [4.78, 5) is 26.5. The summed E-state index contributed by atoms with van der Waals surface area (Å²) in [6.45, 7) is 5.24. The van der Waals surface area contributed by atoms with Gasteiger partial charge in [-0.2, -0.15) is 0 Å². The molecule has 3 rings (SSSR count). The molecule has 6 heteroatoms. The molecule has 0 aromatic heterocycles. The highest BCUT2D eigenvalue weighted by Gasteiger charge is 2.13. The van der Waals surface area contributed by atoms with Crippen molar-refractivity contribution in [3.8, 4) is 5.75 Å². The molecule has 0 spiro atoms. The fourth-order valence-electron chi connectivity index (χ4n) is 3.77. The lowest BCUT2D eigenvalue weighted by molar-refractivity contribution is -0.136. The van der Waals surface area contributed by atoms with Gasteiger partial charge in [0.2, 0.25) is 0 Å². The molecule has 2 amide bonds. The SMILES string of the molecule is CCOc1ccc(NC(=O)C(=O)NCCCc2ccc(N3CCCCCC3)cc2)cc1. The molecule has 2 N–H and O–H groups in total. The molecule has 1 heterocycles. The number of nitrogens with zero attached hydrogens (tertiary/aromatic N) is 1. The Morgan fingerprint density at radius 2 is 1.58 bits per heavy atom. The van der Waals surface area contributed by atoms with E-state index >= 15 is 0 Å². The average Bonchev–Trinajstić information content (AvgIpc) is 3.08. The van der Waals surface area contributed by atoms with Gasteiger partial charge in [-0.05, 0) is 74.6 Å². The second kappa shape index (κ2) is 12.0. The van der Waals surface area contributed by atoms with Crippen molar-refractivity contribution in [1.82, 2.24) is 5.32 Å². The van der Waals surface area contributed by atoms with Crippen molar-refractivity contribution in [3.63, 3.8) is 0 Å². The van der Waals surface area contributed by atoms with Crippen LogP contribution in [-0.4, -0.2) is 38.1 Å². The van der Waals surface area contributed by atoms with Gasteiger partial charge in [-0.1, -0.05) is 25.0 Å². The number of aryl methyl sites for hydroxylation is 1. The molecule has 1 aliphatic heterocycles. The van der Waals surface area contributed by atoms with Crippen molar-refractivity contribution in [2.75, 3.05) is 36.5 Å². The lowest BCUT2D eigenvalue weighted by atomic mass is 10.1. The Labute approximate surface area is 185 Å². The van der Waals surface area contributed by atoms with Crippen LogP contribution >= 0.6 is 0 Å². The topological polar surface area (TPSA) is 70.7 Å². The number of hydrogen-bond donors (Lipinski definition) is 2. The van der Waals surface area contributed by atoms with E-state index in [1.165, 1.54) is 36.9 Å². The molecule has 0 radical (unpaired) electrons. The number of carbonyl (C=O) groups excluding carboxylic acids is 2. The van der Waals surface area contributed by atoms with E-state index in [9.17, 15) is 9.59 Å². The summed E-state index contributed by atoms with van der Waals surface area (Å²) < 4.78 is 5.36. The molecular formula is C25H33N3O3. The third kappa shape index (κ3) is 7.31. The molecular weight excluding hydrogens is 390 g/mol. The Hall–Kier alpha value is -3.02. The van der Waals surface area contributed by atoms with Crippen LogP contribution in [0.15, 0.2) is 48.5 Å². The fraction of sp³-hybridized carbons (Fsp3) is 0.440. The number of ether oxygens (including phenoxy) is 1. The number of nitrogens with one attached hydrogen (secondary N) is 2. The van der Waals surface area contributed by atoms with Gasteiger partial charge < -0.3 is 20.3 Å². The highest BCUT2D eigenvalue weighted by atomic mass is 16.5. The summed E-state index contributed by atoms with van der Waals surface area (Å²) in [7, 11) is 0. The van der Waals surface area contributed by atoms with Crippen LogP contribution in [0.2, 0.25) is 0 Å². The normalized spacial score (nSPS) is 13.9. The van der Waals surface area contributed by atoms with Gasteiger partial charge in [-0.15, -0.1) is 0 Å². The molecule has 31 heavy (non-hydrogen) atoms. The van der Waals surface area contributed by atoms with E-state index in [0.717, 1.165) is 31.7 Å². The second-order valence-electron chi connectivity index (χ2n) is 7.84. The zero-order valence-electron chi connectivity index (χ0n) is 18.4. The minimum atomic E-state index is -0.661. The maximum Gasteiger partial charge on any atom is 0.313 e. The minimum absolute atomic E-state index is 0.462. The van der Waals surface area contributed by atoms with Crippen LogP contribution in [0.3, 0.4) is 0 Å². The zero-order chi connectivity index (χ0) is 21.9. The monoisotopic (exact) mass is 423 g/mol. The quantitative estimate of drug-likeness (QED) is 0.494. The Morgan fingerprint density at radius 1 is 0.903 bits per heavy atom. The second-order valence-corrected chi connectivity index (χ2v) is 7.84. The first-order chi connectivity index (χ1) is 15.2. The molecule has 0 unspecified atom stereocenters. The number of hydrogen-bond acceptors (Lipinski definition) is 4. The largest absolute Gasteiger partial charge is 0.494 e. The summed E-state index contributed by atoms with van der Waals surface area (Å²) in [5.74, 6) is -0.555. The molecule has 2 aromatic carbocycles. The Morgan fingerprint density at radius 3 is 2.23 bits per heavy atom. The molecule has 0 atom stereocenters. The third-order valence-corrected chi connectivity index (χ3v) is 5.46. The summed E-state index contributed by atoms with van der Waals surface area (Å²) in [6.07, 6.45) is 6.85. The molecule has 0 bridgehead atoms. The van der Waals surface area contributed by atoms with Crippen molar-refractivity contribution in [2.45, 2.75) is 45.4 Å². The number of carbonyl (C=O) groups is 2. The van der Waals surface area contributed by atoms with Crippen molar-refractivity contribution in [1.29, 1.82) is 0 Å². The van der Waals surface area contributed by atoms with Gasteiger partial charge in [0.05, 0.1) is 6.61 Å². The third-order valence-electron chi connectivity index (χ3n) is 5.46. The highest BCUT2D eigenvalue weighted by Crippen LogP contribution is 2.20. The molecule has 1 aliphatic rings. The van der Waals surface area contributed by atoms with Crippen LogP contribution in [0.5, 0.6) is 5.75 Å². The number of rotatable bonds is 8. The van der Waals surface area contributed by atoms with E-state index in [0.29, 0.717) is 18.8 Å². The minimum Gasteiger partial charge on any atom is -0.494 e. The van der Waals surface area contributed by atoms with Crippen LogP contribution in [-0.2, 0) is 16.0 Å². The Bertz CT molecular complexity index is 826. The van der Waals surface area contributed by atoms with E-state index in [-0.39, 0.29) is 0 Å². The summed E-state index contributed by atoms with van der Waals surface area (Å²) in [5, 5.41) is 5.29. The first-order valence-electron chi connectivity index (χ1n) is 11.3.